The molecule has 0 spiro atoms. The summed E-state index contributed by atoms with van der Waals surface area (Å²) in [7, 11) is 0. The van der Waals surface area contributed by atoms with E-state index in [9.17, 15) is 0 Å². The van der Waals surface area contributed by atoms with Crippen LogP contribution in [-0.2, 0) is 0 Å². The number of thioether (sulfide) groups is 1. The Hall–Kier alpha value is -1.86. The van der Waals surface area contributed by atoms with Crippen molar-refractivity contribution in [2.75, 3.05) is 0 Å². The predicted octanol–water partition coefficient (Wildman–Crippen LogP) is 3.03. The first-order valence-corrected chi connectivity index (χ1v) is 5.57. The molecule has 1 aromatic heterocycles. The number of aryl methyl sites for hydroxylation is 1. The Morgan fingerprint density at radius 1 is 1.19 bits per heavy atom. The summed E-state index contributed by atoms with van der Waals surface area (Å²) in [4.78, 5) is 8.23. The van der Waals surface area contributed by atoms with Crippen molar-refractivity contribution in [3.63, 3.8) is 0 Å². The van der Waals surface area contributed by atoms with Crippen LogP contribution in [-0.4, -0.2) is 9.97 Å². The van der Waals surface area contributed by atoms with Gasteiger partial charge in [-0.15, -0.1) is 0 Å². The molecular formula is C12H9N3S. The minimum atomic E-state index is 0.486. The Balaban J connectivity index is 2.36. The summed E-state index contributed by atoms with van der Waals surface area (Å²) in [6.07, 6.45) is 3.49. The van der Waals surface area contributed by atoms with Crippen LogP contribution in [0.1, 0.15) is 5.56 Å². The summed E-state index contributed by atoms with van der Waals surface area (Å²) in [5.41, 5.74) is 3.28. The van der Waals surface area contributed by atoms with Gasteiger partial charge in [0.25, 0.3) is 0 Å². The number of rotatable bonds is 2. The molecular weight excluding hydrogens is 218 g/mol. The Kier molecular flexibility index (Phi) is 3.18. The van der Waals surface area contributed by atoms with Gasteiger partial charge in [-0.2, -0.15) is 5.26 Å². The van der Waals surface area contributed by atoms with Crippen LogP contribution in [0.2, 0.25) is 0 Å². The Morgan fingerprint density at radius 2 is 1.88 bits per heavy atom. The first-order valence-electron chi connectivity index (χ1n) is 4.75. The highest BCUT2D eigenvalue weighted by Gasteiger charge is 2.02. The van der Waals surface area contributed by atoms with Crippen molar-refractivity contribution in [2.24, 2.45) is 0 Å². The maximum atomic E-state index is 8.48. The highest BCUT2D eigenvalue weighted by Crippen LogP contribution is 2.22. The normalized spacial score (nSPS) is 9.75. The second-order valence-electron chi connectivity index (χ2n) is 3.26. The monoisotopic (exact) mass is 227 g/mol. The quantitative estimate of drug-likeness (QED) is 0.449. The zero-order valence-electron chi connectivity index (χ0n) is 8.71. The molecule has 1 heterocycles. The maximum absolute atomic E-state index is 8.48. The fraction of sp³-hybridized carbons (Fsp3) is 0.0833. The summed E-state index contributed by atoms with van der Waals surface area (Å²) < 4.78 is 0. The molecule has 0 atom stereocenters. The molecule has 16 heavy (non-hydrogen) atoms. The molecule has 0 radical (unpaired) electrons. The van der Waals surface area contributed by atoms with E-state index in [0.29, 0.717) is 5.16 Å². The highest BCUT2D eigenvalue weighted by molar-refractivity contribution is 8.03. The molecule has 3 nitrogen and oxygen atoms in total. The molecule has 1 aromatic carbocycles. The molecule has 78 valence electrons. The third-order valence-corrected chi connectivity index (χ3v) is 2.71. The fourth-order valence-corrected chi connectivity index (χ4v) is 1.74. The lowest BCUT2D eigenvalue weighted by atomic mass is 10.0. The van der Waals surface area contributed by atoms with Gasteiger partial charge < -0.3 is 0 Å². The van der Waals surface area contributed by atoms with Crippen molar-refractivity contribution < 1.29 is 0 Å². The lowest BCUT2D eigenvalue weighted by Crippen LogP contribution is -1.88. The SMILES string of the molecule is Cc1ccccc1-c1cnc(SC#N)nc1. The van der Waals surface area contributed by atoms with Gasteiger partial charge >= 0.3 is 0 Å². The average Bonchev–Trinajstić information content (AvgIpc) is 2.31. The van der Waals surface area contributed by atoms with E-state index in [2.05, 4.69) is 9.97 Å². The Morgan fingerprint density at radius 3 is 2.50 bits per heavy atom. The number of hydrogen-bond donors (Lipinski definition) is 0. The topological polar surface area (TPSA) is 49.6 Å². The lowest BCUT2D eigenvalue weighted by Gasteiger charge is -2.04. The fourth-order valence-electron chi connectivity index (χ4n) is 1.45. The zero-order valence-corrected chi connectivity index (χ0v) is 9.53. The number of nitrogens with zero attached hydrogens (tertiary/aromatic N) is 3. The Labute approximate surface area is 98.2 Å². The molecule has 0 aliphatic rings. The van der Waals surface area contributed by atoms with Gasteiger partial charge in [0.2, 0.25) is 5.16 Å². The molecule has 0 N–H and O–H groups in total. The van der Waals surface area contributed by atoms with Crippen molar-refractivity contribution in [2.45, 2.75) is 12.1 Å². The summed E-state index contributed by atoms with van der Waals surface area (Å²) in [6.45, 7) is 2.05. The van der Waals surface area contributed by atoms with Crippen LogP contribution in [0, 0.1) is 17.6 Å². The van der Waals surface area contributed by atoms with Gasteiger partial charge in [0.15, 0.2) is 0 Å². The number of benzene rings is 1. The standard InChI is InChI=1S/C12H9N3S/c1-9-4-2-3-5-11(9)10-6-14-12(15-7-10)16-8-13/h2-7H,1H3. The van der Waals surface area contributed by atoms with E-state index in [0.717, 1.165) is 22.9 Å². The van der Waals surface area contributed by atoms with Gasteiger partial charge in [-0.3, -0.25) is 0 Å². The zero-order chi connectivity index (χ0) is 11.4. The first kappa shape index (κ1) is 10.7. The minimum Gasteiger partial charge on any atom is -0.230 e. The van der Waals surface area contributed by atoms with Gasteiger partial charge in [-0.1, -0.05) is 24.3 Å². The molecule has 4 heteroatoms. The molecule has 2 rings (SSSR count). The van der Waals surface area contributed by atoms with E-state index < -0.39 is 0 Å². The van der Waals surface area contributed by atoms with E-state index >= 15 is 0 Å². The van der Waals surface area contributed by atoms with Gasteiger partial charge in [0, 0.05) is 29.7 Å². The van der Waals surface area contributed by atoms with Crippen molar-refractivity contribution in [3.8, 4) is 16.5 Å². The van der Waals surface area contributed by atoms with Crippen LogP contribution in [0.25, 0.3) is 11.1 Å². The average molecular weight is 227 g/mol. The number of nitriles is 1. The molecule has 0 amide bonds. The summed E-state index contributed by atoms with van der Waals surface area (Å²) in [5, 5.41) is 10.9. The van der Waals surface area contributed by atoms with Gasteiger partial charge in [0.05, 0.1) is 0 Å². The van der Waals surface area contributed by atoms with E-state index in [1.165, 1.54) is 5.56 Å². The maximum Gasteiger partial charge on any atom is 0.202 e. The van der Waals surface area contributed by atoms with Gasteiger partial charge in [0.1, 0.15) is 5.40 Å². The van der Waals surface area contributed by atoms with Crippen molar-refractivity contribution in [1.82, 2.24) is 9.97 Å². The first-order chi connectivity index (χ1) is 7.81. The third-order valence-electron chi connectivity index (χ3n) is 2.22. The Bertz CT molecular complexity index is 529. The lowest BCUT2D eigenvalue weighted by molar-refractivity contribution is 0.974. The predicted molar refractivity (Wildman–Crippen MR) is 63.7 cm³/mol. The van der Waals surface area contributed by atoms with Crippen LogP contribution in [0.15, 0.2) is 41.8 Å². The van der Waals surface area contributed by atoms with E-state index in [-0.39, 0.29) is 0 Å². The molecule has 0 unspecified atom stereocenters. The van der Waals surface area contributed by atoms with Crippen LogP contribution in [0.4, 0.5) is 0 Å². The van der Waals surface area contributed by atoms with Crippen LogP contribution < -0.4 is 0 Å². The second kappa shape index (κ2) is 4.77. The molecule has 0 fully saturated rings. The molecule has 2 aromatic rings. The molecule has 0 saturated heterocycles. The van der Waals surface area contributed by atoms with Gasteiger partial charge in [-0.05, 0) is 18.1 Å². The number of thiocyanates is 1. The number of aromatic nitrogens is 2. The van der Waals surface area contributed by atoms with E-state index in [1.54, 1.807) is 12.4 Å². The molecule has 0 saturated carbocycles. The summed E-state index contributed by atoms with van der Waals surface area (Å²) >= 11 is 0.967. The summed E-state index contributed by atoms with van der Waals surface area (Å²) in [5.74, 6) is 0. The van der Waals surface area contributed by atoms with Crippen LogP contribution in [0.3, 0.4) is 0 Å². The number of hydrogen-bond acceptors (Lipinski definition) is 4. The van der Waals surface area contributed by atoms with Gasteiger partial charge in [-0.25, -0.2) is 9.97 Å². The van der Waals surface area contributed by atoms with E-state index in [1.807, 2.05) is 36.6 Å². The molecule has 0 bridgehead atoms. The van der Waals surface area contributed by atoms with E-state index in [4.69, 9.17) is 5.26 Å². The second-order valence-corrected chi connectivity index (χ2v) is 4.01. The minimum absolute atomic E-state index is 0.486. The van der Waals surface area contributed by atoms with Crippen molar-refractivity contribution in [3.05, 3.63) is 42.2 Å². The largest absolute Gasteiger partial charge is 0.230 e. The van der Waals surface area contributed by atoms with Crippen LogP contribution in [0.5, 0.6) is 0 Å². The van der Waals surface area contributed by atoms with Crippen molar-refractivity contribution >= 4 is 11.8 Å². The van der Waals surface area contributed by atoms with Crippen LogP contribution >= 0.6 is 11.8 Å². The van der Waals surface area contributed by atoms with Crippen molar-refractivity contribution in [1.29, 1.82) is 5.26 Å². The molecule has 0 aliphatic carbocycles. The summed E-state index contributed by atoms with van der Waals surface area (Å²) in [6, 6.07) is 8.07. The third kappa shape index (κ3) is 2.20. The smallest absolute Gasteiger partial charge is 0.202 e. The highest BCUT2D eigenvalue weighted by atomic mass is 32.2. The molecule has 0 aliphatic heterocycles.